The first kappa shape index (κ1) is 40.4. The standard InChI is InChI=1S/C4H9N3O2.3Ba.2H3O4P/c1-7(4(5)6)2-3(8)9;;;;2*1-5(2,3)4/h2H2,1H3,(H3,5,6)(H,8,9);;;;2*(H3,1,2,3,4)/q;3*+2;;/p-6. The number of hydrogen-bond acceptors (Lipinski definition) is 10. The molecule has 116 valence electrons. The van der Waals surface area contributed by atoms with E-state index in [1.165, 1.54) is 7.05 Å². The van der Waals surface area contributed by atoms with Crippen molar-refractivity contribution in [3.63, 3.8) is 0 Å². The van der Waals surface area contributed by atoms with Crippen molar-refractivity contribution in [3.8, 4) is 0 Å². The average Bonchev–Trinajstić information content (AvgIpc) is 1.94. The Balaban J connectivity index is -0.0000000434. The molecule has 0 aromatic rings. The Morgan fingerprint density at radius 1 is 1.05 bits per heavy atom. The summed E-state index contributed by atoms with van der Waals surface area (Å²) >= 11 is 0. The number of carboxylic acids is 1. The molecule has 0 radical (unpaired) electrons. The van der Waals surface area contributed by atoms with Crippen LogP contribution in [0.3, 0.4) is 0 Å². The molecule has 22 heavy (non-hydrogen) atoms. The van der Waals surface area contributed by atoms with Gasteiger partial charge in [-0.3, -0.25) is 10.2 Å². The van der Waals surface area contributed by atoms with Crippen LogP contribution in [0, 0.1) is 5.41 Å². The van der Waals surface area contributed by atoms with Gasteiger partial charge < -0.3 is 54.2 Å². The first-order valence-corrected chi connectivity index (χ1v) is 6.69. The first-order chi connectivity index (χ1) is 8.04. The van der Waals surface area contributed by atoms with Crippen LogP contribution in [0.4, 0.5) is 0 Å². The van der Waals surface area contributed by atoms with E-state index in [1.807, 2.05) is 0 Å². The summed E-state index contributed by atoms with van der Waals surface area (Å²) in [6.07, 6.45) is 0. The van der Waals surface area contributed by atoms with Crippen LogP contribution in [0.5, 0.6) is 0 Å². The number of phosphoric acid groups is 2. The molecule has 13 nitrogen and oxygen atoms in total. The molecule has 0 unspecified atom stereocenters. The molecule has 0 atom stereocenters. The number of rotatable bonds is 2. The number of aliphatic carboxylic acids is 1. The second kappa shape index (κ2) is 21.0. The summed E-state index contributed by atoms with van der Waals surface area (Å²) in [7, 11) is -9.34. The van der Waals surface area contributed by atoms with Crippen LogP contribution in [0.1, 0.15) is 0 Å². The van der Waals surface area contributed by atoms with Gasteiger partial charge in [0.15, 0.2) is 5.96 Å². The SMILES string of the molecule is CN(CC(=O)O)C(=N)N.O=P([O-])([O-])[O-].O=P([O-])([O-])[O-].[Ba+2].[Ba+2].[Ba+2]. The second-order valence-corrected chi connectivity index (χ2v) is 4.32. The van der Waals surface area contributed by atoms with Gasteiger partial charge in [-0.1, -0.05) is 0 Å². The van der Waals surface area contributed by atoms with E-state index >= 15 is 0 Å². The summed E-state index contributed by atoms with van der Waals surface area (Å²) in [6.45, 7) is -0.227. The number of carbonyl (C=O) groups is 1. The molecule has 0 aliphatic rings. The average molecular weight is 733 g/mol. The van der Waals surface area contributed by atoms with E-state index in [0.29, 0.717) is 0 Å². The molecule has 0 aromatic heterocycles. The van der Waals surface area contributed by atoms with E-state index in [2.05, 4.69) is 0 Å². The topological polar surface area (TPSA) is 263 Å². The summed E-state index contributed by atoms with van der Waals surface area (Å²) in [6, 6.07) is 0. The van der Waals surface area contributed by atoms with E-state index in [9.17, 15) is 4.79 Å². The fraction of sp³-hybridized carbons (Fsp3) is 0.500. The van der Waals surface area contributed by atoms with Gasteiger partial charge in [-0.15, -0.1) is 0 Å². The van der Waals surface area contributed by atoms with Crippen LogP contribution in [-0.4, -0.2) is 182 Å². The molecule has 0 bridgehead atoms. The zero-order valence-corrected chi connectivity index (χ0v) is 26.5. The molecule has 0 saturated heterocycles. The van der Waals surface area contributed by atoms with E-state index in [4.69, 9.17) is 54.7 Å². The van der Waals surface area contributed by atoms with Gasteiger partial charge in [0.1, 0.15) is 6.54 Å². The van der Waals surface area contributed by atoms with Gasteiger partial charge in [-0.05, 0) is 0 Å². The molecule has 4 N–H and O–H groups in total. The Bertz CT molecular complexity index is 349. The van der Waals surface area contributed by atoms with Crippen molar-refractivity contribution in [1.82, 2.24) is 4.90 Å². The molecule has 18 heteroatoms. The third kappa shape index (κ3) is 89.3. The maximum absolute atomic E-state index is 9.92. The quantitative estimate of drug-likeness (QED) is 0.104. The first-order valence-electron chi connectivity index (χ1n) is 3.77. The molecular weight excluding hydrogens is 724 g/mol. The molecular formula is C4H9Ba3N3O10P2. The summed E-state index contributed by atoms with van der Waals surface area (Å²) in [4.78, 5) is 62.3. The van der Waals surface area contributed by atoms with Gasteiger partial charge in [0, 0.05) is 7.05 Å². The Hall–Kier alpha value is 3.67. The van der Waals surface area contributed by atoms with Crippen molar-refractivity contribution >= 4 is 174 Å². The Morgan fingerprint density at radius 2 is 1.23 bits per heavy atom. The second-order valence-electron chi connectivity index (χ2n) is 2.53. The number of carboxylic acid groups (broad SMARTS) is 1. The number of nitrogens with zero attached hydrogens (tertiary/aromatic N) is 1. The molecule has 0 heterocycles. The Morgan fingerprint density at radius 3 is 1.27 bits per heavy atom. The number of likely N-dealkylation sites (N-methyl/N-ethyl adjacent to an activating group) is 1. The van der Waals surface area contributed by atoms with Gasteiger partial charge in [0.2, 0.25) is 0 Å². The van der Waals surface area contributed by atoms with Crippen LogP contribution in [0.25, 0.3) is 0 Å². The summed E-state index contributed by atoms with van der Waals surface area (Å²) in [5.74, 6) is -1.23. The predicted molar refractivity (Wildman–Crippen MR) is 64.7 cm³/mol. The smallest absolute Gasteiger partial charge is 0.822 e. The zero-order chi connectivity index (χ0) is 16.4. The normalized spacial score (nSPS) is 8.86. The third-order valence-electron chi connectivity index (χ3n) is 0.784. The van der Waals surface area contributed by atoms with Crippen LogP contribution < -0.4 is 35.1 Å². The van der Waals surface area contributed by atoms with Crippen molar-refractivity contribution in [3.05, 3.63) is 0 Å². The molecule has 0 fully saturated rings. The minimum Gasteiger partial charge on any atom is -0.822 e. The number of hydrogen-bond donors (Lipinski definition) is 3. The van der Waals surface area contributed by atoms with Crippen LogP contribution in [-0.2, 0) is 13.9 Å². The van der Waals surface area contributed by atoms with Gasteiger partial charge in [-0.2, -0.15) is 15.6 Å². The van der Waals surface area contributed by atoms with E-state index in [-0.39, 0.29) is 159 Å². The third-order valence-corrected chi connectivity index (χ3v) is 0.784. The predicted octanol–water partition coefficient (Wildman–Crippen LogP) is -7.90. The molecule has 0 aromatic carbocycles. The molecule has 0 spiro atoms. The molecule has 0 rings (SSSR count). The minimum atomic E-state index is -5.39. The van der Waals surface area contributed by atoms with Crippen molar-refractivity contribution < 1.29 is 48.4 Å². The van der Waals surface area contributed by atoms with Gasteiger partial charge in [0.05, 0.1) is 0 Å². The monoisotopic (exact) mass is 735 g/mol. The van der Waals surface area contributed by atoms with Crippen molar-refractivity contribution in [2.45, 2.75) is 0 Å². The molecule has 0 aliphatic heterocycles. The fourth-order valence-electron chi connectivity index (χ4n) is 0.288. The van der Waals surface area contributed by atoms with Gasteiger partial charge in [-0.25, -0.2) is 0 Å². The molecule has 0 amide bonds. The minimum absolute atomic E-state index is 0. The Kier molecular flexibility index (Phi) is 38.5. The van der Waals surface area contributed by atoms with Crippen LogP contribution in [0.2, 0.25) is 0 Å². The van der Waals surface area contributed by atoms with Crippen molar-refractivity contribution in [2.75, 3.05) is 13.6 Å². The number of nitrogens with one attached hydrogen (secondary N) is 1. The zero-order valence-electron chi connectivity index (χ0n) is 11.4. The molecule has 0 aliphatic carbocycles. The maximum atomic E-state index is 9.92. The summed E-state index contributed by atoms with van der Waals surface area (Å²) < 4.78 is 17.1. The van der Waals surface area contributed by atoms with Crippen LogP contribution >= 0.6 is 15.6 Å². The summed E-state index contributed by atoms with van der Waals surface area (Å²) in [5.41, 5.74) is 4.93. The van der Waals surface area contributed by atoms with Gasteiger partial charge in [0.25, 0.3) is 0 Å². The fourth-order valence-corrected chi connectivity index (χ4v) is 0.288. The van der Waals surface area contributed by atoms with Crippen molar-refractivity contribution in [1.29, 1.82) is 5.41 Å². The van der Waals surface area contributed by atoms with Gasteiger partial charge >= 0.3 is 153 Å². The Labute approximate surface area is 246 Å². The summed E-state index contributed by atoms with van der Waals surface area (Å²) in [5, 5.41) is 14.9. The largest absolute Gasteiger partial charge is 2.00 e. The van der Waals surface area contributed by atoms with E-state index < -0.39 is 21.6 Å². The number of nitrogens with two attached hydrogens (primary N) is 1. The van der Waals surface area contributed by atoms with Crippen molar-refractivity contribution in [2.24, 2.45) is 5.73 Å². The molecule has 0 saturated carbocycles. The van der Waals surface area contributed by atoms with Crippen LogP contribution in [0.15, 0.2) is 0 Å². The van der Waals surface area contributed by atoms with E-state index in [1.54, 1.807) is 0 Å². The maximum Gasteiger partial charge on any atom is 2.00 e. The number of guanidine groups is 1. The van der Waals surface area contributed by atoms with E-state index in [0.717, 1.165) is 4.90 Å².